The van der Waals surface area contributed by atoms with E-state index in [0.29, 0.717) is 35.8 Å². The Labute approximate surface area is 202 Å². The molecule has 4 aromatic rings. The number of hydrogen-bond donors (Lipinski definition) is 0. The summed E-state index contributed by atoms with van der Waals surface area (Å²) in [6.07, 6.45) is -0.717. The SMILES string of the molecule is Cc1c(Cl)cccc1-c1noc(C2CCCN2C(=O)c2cc(C(F)(F)F)ccc2-n2nccn2)n1. The van der Waals surface area contributed by atoms with Gasteiger partial charge in [-0.1, -0.05) is 28.9 Å². The fourth-order valence-electron chi connectivity index (χ4n) is 4.15. The summed E-state index contributed by atoms with van der Waals surface area (Å²) in [5.74, 6) is -0.0830. The summed E-state index contributed by atoms with van der Waals surface area (Å²) in [6.45, 7) is 2.15. The van der Waals surface area contributed by atoms with Gasteiger partial charge >= 0.3 is 6.18 Å². The minimum atomic E-state index is -4.62. The van der Waals surface area contributed by atoms with E-state index in [1.54, 1.807) is 18.2 Å². The van der Waals surface area contributed by atoms with Crippen molar-refractivity contribution in [3.8, 4) is 17.1 Å². The number of amides is 1. The van der Waals surface area contributed by atoms with Crippen molar-refractivity contribution in [2.45, 2.75) is 32.0 Å². The van der Waals surface area contributed by atoms with Gasteiger partial charge in [0.2, 0.25) is 11.7 Å². The number of hydrogen-bond acceptors (Lipinski definition) is 6. The van der Waals surface area contributed by atoms with Gasteiger partial charge in [-0.2, -0.15) is 33.1 Å². The zero-order valence-electron chi connectivity index (χ0n) is 18.3. The zero-order chi connectivity index (χ0) is 24.7. The lowest BCUT2D eigenvalue weighted by atomic mass is 10.1. The van der Waals surface area contributed by atoms with Crippen LogP contribution in [0.5, 0.6) is 0 Å². The maximum atomic E-state index is 13.6. The number of rotatable bonds is 4. The lowest BCUT2D eigenvalue weighted by Crippen LogP contribution is -2.32. The number of aromatic nitrogens is 5. The Morgan fingerprint density at radius 1 is 1.17 bits per heavy atom. The number of carbonyl (C=O) groups is 1. The molecule has 1 atom stereocenters. The van der Waals surface area contributed by atoms with Crippen LogP contribution in [-0.2, 0) is 6.18 Å². The van der Waals surface area contributed by atoms with Crippen molar-refractivity contribution in [3.05, 3.63) is 76.4 Å². The smallest absolute Gasteiger partial charge is 0.337 e. The number of nitrogens with zero attached hydrogens (tertiary/aromatic N) is 6. The van der Waals surface area contributed by atoms with Crippen molar-refractivity contribution in [2.75, 3.05) is 6.54 Å². The van der Waals surface area contributed by atoms with E-state index < -0.39 is 23.7 Å². The highest BCUT2D eigenvalue weighted by atomic mass is 35.5. The first kappa shape index (κ1) is 23.0. The molecular formula is C23H18ClF3N6O2. The summed E-state index contributed by atoms with van der Waals surface area (Å²) >= 11 is 6.20. The molecule has 180 valence electrons. The summed E-state index contributed by atoms with van der Waals surface area (Å²) in [5, 5.41) is 12.6. The quantitative estimate of drug-likeness (QED) is 0.377. The van der Waals surface area contributed by atoms with Gasteiger partial charge in [-0.25, -0.2) is 0 Å². The number of carbonyl (C=O) groups excluding carboxylic acids is 1. The van der Waals surface area contributed by atoms with Crippen LogP contribution in [0.4, 0.5) is 13.2 Å². The fourth-order valence-corrected chi connectivity index (χ4v) is 4.32. The molecule has 3 heterocycles. The molecule has 5 rings (SSSR count). The predicted molar refractivity (Wildman–Crippen MR) is 119 cm³/mol. The number of likely N-dealkylation sites (tertiary alicyclic amines) is 1. The Balaban J connectivity index is 1.51. The minimum absolute atomic E-state index is 0.138. The highest BCUT2D eigenvalue weighted by Gasteiger charge is 2.38. The second kappa shape index (κ2) is 8.81. The summed E-state index contributed by atoms with van der Waals surface area (Å²) in [5.41, 5.74) is 0.492. The molecule has 0 spiro atoms. The molecule has 1 amide bonds. The second-order valence-corrected chi connectivity index (χ2v) is 8.48. The van der Waals surface area contributed by atoms with E-state index in [-0.39, 0.29) is 17.1 Å². The number of benzene rings is 2. The van der Waals surface area contributed by atoms with Crippen LogP contribution in [0.2, 0.25) is 5.02 Å². The molecule has 0 aliphatic carbocycles. The van der Waals surface area contributed by atoms with Crippen LogP contribution >= 0.6 is 11.6 Å². The summed E-state index contributed by atoms with van der Waals surface area (Å²) in [7, 11) is 0. The summed E-state index contributed by atoms with van der Waals surface area (Å²) in [6, 6.07) is 7.65. The monoisotopic (exact) mass is 502 g/mol. The number of alkyl halides is 3. The minimum Gasteiger partial charge on any atom is -0.337 e. The molecule has 0 N–H and O–H groups in total. The second-order valence-electron chi connectivity index (χ2n) is 8.07. The first-order valence-electron chi connectivity index (χ1n) is 10.7. The normalized spacial score (nSPS) is 16.1. The first-order chi connectivity index (χ1) is 16.7. The highest BCUT2D eigenvalue weighted by molar-refractivity contribution is 6.31. The molecule has 1 aliphatic heterocycles. The van der Waals surface area contributed by atoms with E-state index >= 15 is 0 Å². The third-order valence-electron chi connectivity index (χ3n) is 5.94. The predicted octanol–water partition coefficient (Wildman–Crippen LogP) is 5.28. The summed E-state index contributed by atoms with van der Waals surface area (Å²) < 4.78 is 45.8. The van der Waals surface area contributed by atoms with Crippen molar-refractivity contribution in [3.63, 3.8) is 0 Å². The van der Waals surface area contributed by atoms with Crippen LogP contribution in [0.3, 0.4) is 0 Å². The van der Waals surface area contributed by atoms with Crippen molar-refractivity contribution in [1.29, 1.82) is 0 Å². The van der Waals surface area contributed by atoms with Gasteiger partial charge in [0.1, 0.15) is 6.04 Å². The third-order valence-corrected chi connectivity index (χ3v) is 6.35. The maximum absolute atomic E-state index is 13.6. The molecule has 1 aliphatic rings. The Morgan fingerprint density at radius 2 is 1.94 bits per heavy atom. The standard InChI is InChI=1S/C23H18ClF3N6O2/c1-13-15(4-2-5-17(13)24)20-30-21(35-31-20)19-6-3-11-32(19)22(34)16-12-14(23(25,26)27)7-8-18(16)33-28-9-10-29-33/h2,4-5,7-10,12,19H,3,6,11H2,1H3. The molecule has 0 radical (unpaired) electrons. The van der Waals surface area contributed by atoms with Gasteiger partial charge in [0.25, 0.3) is 5.91 Å². The molecule has 1 saturated heterocycles. The van der Waals surface area contributed by atoms with Crippen molar-refractivity contribution in [1.82, 2.24) is 30.0 Å². The zero-order valence-corrected chi connectivity index (χ0v) is 19.1. The van der Waals surface area contributed by atoms with Gasteiger partial charge in [-0.05, 0) is 49.6 Å². The molecule has 2 aromatic heterocycles. The van der Waals surface area contributed by atoms with Crippen LogP contribution in [0.15, 0.2) is 53.3 Å². The van der Waals surface area contributed by atoms with E-state index in [2.05, 4.69) is 20.3 Å². The lowest BCUT2D eigenvalue weighted by molar-refractivity contribution is -0.137. The molecule has 8 nitrogen and oxygen atoms in total. The first-order valence-corrected chi connectivity index (χ1v) is 11.1. The molecule has 0 saturated carbocycles. The van der Waals surface area contributed by atoms with Crippen molar-refractivity contribution >= 4 is 17.5 Å². The molecule has 12 heteroatoms. The fraction of sp³-hybridized carbons (Fsp3) is 0.261. The average Bonchev–Trinajstić information content (AvgIpc) is 3.60. The molecule has 35 heavy (non-hydrogen) atoms. The van der Waals surface area contributed by atoms with E-state index in [0.717, 1.165) is 22.5 Å². The lowest BCUT2D eigenvalue weighted by Gasteiger charge is -2.23. The molecule has 0 bridgehead atoms. The van der Waals surface area contributed by atoms with Crippen LogP contribution in [0.25, 0.3) is 17.1 Å². The van der Waals surface area contributed by atoms with Crippen LogP contribution in [0.1, 0.15) is 46.3 Å². The van der Waals surface area contributed by atoms with Gasteiger partial charge in [-0.3, -0.25) is 4.79 Å². The van der Waals surface area contributed by atoms with Crippen LogP contribution in [0, 0.1) is 6.92 Å². The Kier molecular flexibility index (Phi) is 5.79. The van der Waals surface area contributed by atoms with E-state index in [9.17, 15) is 18.0 Å². The Bertz CT molecular complexity index is 1390. The van der Waals surface area contributed by atoms with Crippen LogP contribution in [-0.4, -0.2) is 42.5 Å². The largest absolute Gasteiger partial charge is 0.416 e. The molecule has 1 unspecified atom stereocenters. The molecular weight excluding hydrogens is 485 g/mol. The topological polar surface area (TPSA) is 89.9 Å². The van der Waals surface area contributed by atoms with Gasteiger partial charge in [0, 0.05) is 17.1 Å². The molecule has 1 fully saturated rings. The summed E-state index contributed by atoms with van der Waals surface area (Å²) in [4.78, 5) is 20.6. The molecule has 2 aromatic carbocycles. The van der Waals surface area contributed by atoms with E-state index in [4.69, 9.17) is 16.1 Å². The number of halogens is 4. The maximum Gasteiger partial charge on any atom is 0.416 e. The van der Waals surface area contributed by atoms with E-state index in [1.165, 1.54) is 23.4 Å². The van der Waals surface area contributed by atoms with Gasteiger partial charge in [-0.15, -0.1) is 0 Å². The van der Waals surface area contributed by atoms with Crippen LogP contribution < -0.4 is 0 Å². The average molecular weight is 503 g/mol. The van der Waals surface area contributed by atoms with E-state index in [1.807, 2.05) is 6.92 Å². The Hall–Kier alpha value is -3.73. The van der Waals surface area contributed by atoms with Gasteiger partial charge in [0.05, 0.1) is 29.2 Å². The highest BCUT2D eigenvalue weighted by Crippen LogP contribution is 2.36. The van der Waals surface area contributed by atoms with Gasteiger partial charge < -0.3 is 9.42 Å². The van der Waals surface area contributed by atoms with Crippen molar-refractivity contribution in [2.24, 2.45) is 0 Å². The Morgan fingerprint density at radius 3 is 2.69 bits per heavy atom. The van der Waals surface area contributed by atoms with Gasteiger partial charge in [0.15, 0.2) is 0 Å². The van der Waals surface area contributed by atoms with Crippen molar-refractivity contribution < 1.29 is 22.5 Å². The third kappa shape index (κ3) is 4.27.